The minimum Gasteiger partial charge on any atom is -0.374 e. The lowest BCUT2D eigenvalue weighted by molar-refractivity contribution is 0.660. The van der Waals surface area contributed by atoms with Crippen molar-refractivity contribution in [2.24, 2.45) is 0 Å². The van der Waals surface area contributed by atoms with E-state index in [1.165, 1.54) is 72.6 Å². The molecule has 2 aliphatic carbocycles. The van der Waals surface area contributed by atoms with E-state index in [4.69, 9.17) is 4.98 Å². The smallest absolute Gasteiger partial charge is 0.0754 e. The Bertz CT molecular complexity index is 3400. The maximum atomic E-state index is 5.33. The lowest BCUT2D eigenvalue weighted by Gasteiger charge is -2.45. The van der Waals surface area contributed by atoms with Gasteiger partial charge >= 0.3 is 0 Å². The number of nitrogens with zero attached hydrogens (tertiary/aromatic N) is 2. The van der Waals surface area contributed by atoms with E-state index in [-0.39, 0.29) is 11.5 Å². The number of pyridine rings is 1. The molecule has 0 radical (unpaired) electrons. The molecule has 1 N–H and O–H groups in total. The Kier molecular flexibility index (Phi) is 8.23. The summed E-state index contributed by atoms with van der Waals surface area (Å²) in [5.41, 5.74) is 23.5. The van der Waals surface area contributed by atoms with Crippen LogP contribution in [0, 0.1) is 0 Å². The van der Waals surface area contributed by atoms with Crippen LogP contribution >= 0.6 is 0 Å². The van der Waals surface area contributed by atoms with Gasteiger partial charge in [-0.25, -0.2) is 4.98 Å². The van der Waals surface area contributed by atoms with Crippen LogP contribution in [0.5, 0.6) is 0 Å². The third kappa shape index (κ3) is 5.45. The Labute approximate surface area is 380 Å². The van der Waals surface area contributed by atoms with Gasteiger partial charge in [0.1, 0.15) is 0 Å². The second-order valence-corrected chi connectivity index (χ2v) is 18.3. The van der Waals surface area contributed by atoms with Crippen LogP contribution in [0.2, 0.25) is 0 Å². The van der Waals surface area contributed by atoms with Gasteiger partial charge in [0, 0.05) is 33.5 Å². The van der Waals surface area contributed by atoms with Crippen LogP contribution < -0.4 is 10.2 Å². The number of para-hydroxylation sites is 2. The first kappa shape index (κ1) is 37.5. The molecule has 9 aromatic rings. The molecular formula is C62H45N3. The molecule has 4 aliphatic rings. The van der Waals surface area contributed by atoms with Crippen molar-refractivity contribution in [3.63, 3.8) is 0 Å². The van der Waals surface area contributed by atoms with Crippen LogP contribution in [0.25, 0.3) is 50.5 Å². The third-order valence-electron chi connectivity index (χ3n) is 14.5. The van der Waals surface area contributed by atoms with Gasteiger partial charge in [-0.3, -0.25) is 0 Å². The summed E-state index contributed by atoms with van der Waals surface area (Å²) in [5.74, 6) is 0. The van der Waals surface area contributed by atoms with Gasteiger partial charge in [0.05, 0.1) is 34.2 Å². The van der Waals surface area contributed by atoms with Gasteiger partial charge in [0.25, 0.3) is 0 Å². The second kappa shape index (κ2) is 14.3. The first-order chi connectivity index (χ1) is 32.0. The van der Waals surface area contributed by atoms with Crippen LogP contribution in [0.3, 0.4) is 0 Å². The van der Waals surface area contributed by atoms with Crippen LogP contribution in [-0.2, 0) is 10.8 Å². The summed E-state index contributed by atoms with van der Waals surface area (Å²) in [6, 6.07) is 76.0. The van der Waals surface area contributed by atoms with Gasteiger partial charge in [-0.2, -0.15) is 0 Å². The molecule has 2 aliphatic heterocycles. The minimum absolute atomic E-state index is 0.0425. The highest BCUT2D eigenvalue weighted by molar-refractivity contribution is 6.00. The van der Waals surface area contributed by atoms with E-state index in [1.54, 1.807) is 0 Å². The van der Waals surface area contributed by atoms with Crippen LogP contribution in [0.4, 0.5) is 17.1 Å². The number of nitrogens with one attached hydrogen (secondary N) is 1. The van der Waals surface area contributed by atoms with E-state index >= 15 is 0 Å². The van der Waals surface area contributed by atoms with Gasteiger partial charge in [-0.15, -0.1) is 0 Å². The molecule has 0 amide bonds. The summed E-state index contributed by atoms with van der Waals surface area (Å²) in [6.07, 6.45) is 6.62. The van der Waals surface area contributed by atoms with Gasteiger partial charge in [0.15, 0.2) is 0 Å². The number of rotatable bonds is 5. The molecule has 1 spiro atoms. The molecule has 308 valence electrons. The molecule has 3 heterocycles. The number of benzene rings is 8. The van der Waals surface area contributed by atoms with E-state index in [0.29, 0.717) is 0 Å². The van der Waals surface area contributed by atoms with Crippen molar-refractivity contribution in [2.45, 2.75) is 30.7 Å². The second-order valence-electron chi connectivity index (χ2n) is 18.3. The maximum absolute atomic E-state index is 5.33. The molecule has 13 rings (SSSR count). The molecule has 3 heteroatoms. The Morgan fingerprint density at radius 3 is 1.82 bits per heavy atom. The number of allylic oxidation sites excluding steroid dienone is 2. The van der Waals surface area contributed by atoms with E-state index in [2.05, 4.69) is 249 Å². The standard InChI is InChI=1S/C62H45N3/c1-61(2)48-25-11-9-23-45(48)46-35-36-52-59(60(46)61)47-24-10-12-26-49(47)62(52)50-27-13-15-33-57(50)65(58-34-16-14-28-51(58)62)44-38-42(55-31-17-29-53(63-55)40-19-5-3-6-20-40)37-43(39-44)56-32-18-30-54(64-56)41-21-7-4-8-22-41/h3-39,53,63H,1-2H3. The molecule has 65 heavy (non-hydrogen) atoms. The third-order valence-corrected chi connectivity index (χ3v) is 14.5. The average Bonchev–Trinajstić information content (AvgIpc) is 3.80. The van der Waals surface area contributed by atoms with Crippen molar-refractivity contribution in [3.05, 3.63) is 269 Å². The number of fused-ring (bicyclic) bond motifs is 13. The SMILES string of the molecule is CC1(C)c2ccccc2-c2ccc3c(c21)-c1ccccc1C31c2ccccc2N(c2cc(C3=CC=CC(c4ccccc4)N3)cc(-c3cccc(-c4ccccc4)n3)c2)c2ccccc21. The first-order valence-electron chi connectivity index (χ1n) is 22.8. The maximum Gasteiger partial charge on any atom is 0.0754 e. The van der Waals surface area contributed by atoms with Crippen molar-refractivity contribution in [3.8, 4) is 44.8 Å². The van der Waals surface area contributed by atoms with Gasteiger partial charge in [0.2, 0.25) is 0 Å². The van der Waals surface area contributed by atoms with E-state index < -0.39 is 5.41 Å². The van der Waals surface area contributed by atoms with Crippen molar-refractivity contribution in [1.29, 1.82) is 0 Å². The summed E-state index contributed by atoms with van der Waals surface area (Å²) in [5, 5.41) is 3.90. The van der Waals surface area contributed by atoms with Gasteiger partial charge < -0.3 is 10.2 Å². The van der Waals surface area contributed by atoms with Crippen molar-refractivity contribution >= 4 is 22.8 Å². The predicted octanol–water partition coefficient (Wildman–Crippen LogP) is 15.1. The predicted molar refractivity (Wildman–Crippen MR) is 268 cm³/mol. The van der Waals surface area contributed by atoms with Crippen LogP contribution in [0.1, 0.15) is 64.4 Å². The number of hydrogen-bond acceptors (Lipinski definition) is 3. The topological polar surface area (TPSA) is 28.2 Å². The fraction of sp³-hybridized carbons (Fsp3) is 0.0806. The Morgan fingerprint density at radius 2 is 1.08 bits per heavy atom. The molecule has 1 atom stereocenters. The zero-order chi connectivity index (χ0) is 43.3. The Balaban J connectivity index is 1.04. The normalized spacial score (nSPS) is 16.4. The van der Waals surface area contributed by atoms with Gasteiger partial charge in [-0.1, -0.05) is 190 Å². The average molecular weight is 832 g/mol. The molecular weight excluding hydrogens is 787 g/mol. The highest BCUT2D eigenvalue weighted by Crippen LogP contribution is 2.66. The lowest BCUT2D eigenvalue weighted by Crippen LogP contribution is -2.36. The summed E-state index contributed by atoms with van der Waals surface area (Å²) in [6.45, 7) is 4.83. The highest BCUT2D eigenvalue weighted by atomic mass is 15.2. The molecule has 1 aromatic heterocycles. The number of anilines is 3. The van der Waals surface area contributed by atoms with Gasteiger partial charge in [-0.05, 0) is 110 Å². The molecule has 0 bridgehead atoms. The van der Waals surface area contributed by atoms with E-state index in [9.17, 15) is 0 Å². The number of aromatic nitrogens is 1. The molecule has 0 saturated carbocycles. The zero-order valence-corrected chi connectivity index (χ0v) is 36.3. The van der Waals surface area contributed by atoms with Crippen molar-refractivity contribution in [1.82, 2.24) is 10.3 Å². The molecule has 1 unspecified atom stereocenters. The molecule has 8 aromatic carbocycles. The zero-order valence-electron chi connectivity index (χ0n) is 36.3. The molecule has 3 nitrogen and oxygen atoms in total. The fourth-order valence-electron chi connectivity index (χ4n) is 11.7. The summed E-state index contributed by atoms with van der Waals surface area (Å²) in [4.78, 5) is 7.83. The van der Waals surface area contributed by atoms with E-state index in [1.807, 2.05) is 0 Å². The first-order valence-corrected chi connectivity index (χ1v) is 22.8. The number of dihydropyridines is 1. The quantitative estimate of drug-likeness (QED) is 0.187. The Hall–Kier alpha value is -8.01. The lowest BCUT2D eigenvalue weighted by atomic mass is 9.64. The van der Waals surface area contributed by atoms with Crippen molar-refractivity contribution in [2.75, 3.05) is 4.90 Å². The van der Waals surface area contributed by atoms with E-state index in [0.717, 1.165) is 39.5 Å². The minimum atomic E-state index is -0.553. The van der Waals surface area contributed by atoms with Crippen molar-refractivity contribution < 1.29 is 0 Å². The summed E-state index contributed by atoms with van der Waals surface area (Å²) in [7, 11) is 0. The monoisotopic (exact) mass is 831 g/mol. The molecule has 0 fully saturated rings. The summed E-state index contributed by atoms with van der Waals surface area (Å²) < 4.78 is 0. The van der Waals surface area contributed by atoms with Crippen LogP contribution in [0.15, 0.2) is 224 Å². The highest BCUT2D eigenvalue weighted by Gasteiger charge is 2.54. The summed E-state index contributed by atoms with van der Waals surface area (Å²) >= 11 is 0. The fourth-order valence-corrected chi connectivity index (χ4v) is 11.7. The largest absolute Gasteiger partial charge is 0.374 e. The van der Waals surface area contributed by atoms with Crippen LogP contribution in [-0.4, -0.2) is 4.98 Å². The Morgan fingerprint density at radius 1 is 0.477 bits per heavy atom. The molecule has 0 saturated heterocycles. The number of hydrogen-bond donors (Lipinski definition) is 1.